The van der Waals surface area contributed by atoms with Crippen molar-refractivity contribution in [3.05, 3.63) is 52.1 Å². The molecule has 0 radical (unpaired) electrons. The molecule has 0 spiro atoms. The van der Waals surface area contributed by atoms with Gasteiger partial charge in [0.15, 0.2) is 0 Å². The molecule has 0 aliphatic carbocycles. The lowest BCUT2D eigenvalue weighted by molar-refractivity contribution is -0.914. The van der Waals surface area contributed by atoms with Gasteiger partial charge in [-0.25, -0.2) is 4.98 Å². The van der Waals surface area contributed by atoms with Crippen molar-refractivity contribution in [2.45, 2.75) is 13.5 Å². The molecule has 2 heterocycles. The van der Waals surface area contributed by atoms with E-state index >= 15 is 0 Å². The van der Waals surface area contributed by atoms with E-state index in [1.807, 2.05) is 12.1 Å². The Morgan fingerprint density at radius 1 is 1.32 bits per heavy atom. The van der Waals surface area contributed by atoms with Crippen LogP contribution in [0, 0.1) is 17.0 Å². The van der Waals surface area contributed by atoms with E-state index < -0.39 is 0 Å². The third-order valence-electron chi connectivity index (χ3n) is 4.25. The van der Waals surface area contributed by atoms with Crippen LogP contribution in [-0.2, 0) is 6.54 Å². The number of quaternary nitrogens is 1. The fourth-order valence-corrected chi connectivity index (χ4v) is 2.85. The first-order valence-electron chi connectivity index (χ1n) is 7.45. The fourth-order valence-electron chi connectivity index (χ4n) is 2.85. The highest BCUT2D eigenvalue weighted by atomic mass is 16.6. The number of nitro groups is 1. The van der Waals surface area contributed by atoms with E-state index in [1.54, 1.807) is 18.5 Å². The second-order valence-electron chi connectivity index (χ2n) is 5.66. The maximum Gasteiger partial charge on any atom is 0.269 e. The molecule has 7 nitrogen and oxygen atoms in total. The van der Waals surface area contributed by atoms with E-state index in [-0.39, 0.29) is 10.6 Å². The number of non-ortho nitro benzene ring substituents is 1. The van der Waals surface area contributed by atoms with Crippen molar-refractivity contribution in [1.29, 1.82) is 0 Å². The Hall–Kier alpha value is -2.41. The minimum Gasteiger partial charge on any atom is -0.360 e. The molecule has 0 unspecified atom stereocenters. The lowest BCUT2D eigenvalue weighted by Crippen LogP contribution is -3.13. The van der Waals surface area contributed by atoms with Crippen molar-refractivity contribution in [2.24, 2.45) is 0 Å². The van der Waals surface area contributed by atoms with E-state index in [9.17, 15) is 10.1 Å². The van der Waals surface area contributed by atoms with Gasteiger partial charge in [-0.1, -0.05) is 0 Å². The van der Waals surface area contributed by atoms with Crippen molar-refractivity contribution in [1.82, 2.24) is 9.97 Å². The molecule has 116 valence electrons. The Labute approximate surface area is 128 Å². The van der Waals surface area contributed by atoms with Crippen LogP contribution in [0.1, 0.15) is 11.4 Å². The highest BCUT2D eigenvalue weighted by Gasteiger charge is 2.22. The van der Waals surface area contributed by atoms with Gasteiger partial charge in [-0.3, -0.25) is 10.1 Å². The summed E-state index contributed by atoms with van der Waals surface area (Å²) in [4.78, 5) is 21.6. The zero-order valence-corrected chi connectivity index (χ0v) is 12.6. The molecule has 22 heavy (non-hydrogen) atoms. The minimum absolute atomic E-state index is 0.141. The van der Waals surface area contributed by atoms with Gasteiger partial charge in [0.05, 0.1) is 37.4 Å². The monoisotopic (exact) mass is 302 g/mol. The van der Waals surface area contributed by atoms with Crippen molar-refractivity contribution < 1.29 is 9.82 Å². The number of rotatable bonds is 4. The molecule has 1 aliphatic rings. The van der Waals surface area contributed by atoms with Gasteiger partial charge in [0.2, 0.25) is 0 Å². The van der Waals surface area contributed by atoms with Gasteiger partial charge in [-0.15, -0.1) is 0 Å². The average Bonchev–Trinajstić information content (AvgIpc) is 2.93. The first-order chi connectivity index (χ1) is 10.6. The maximum absolute atomic E-state index is 10.7. The predicted molar refractivity (Wildman–Crippen MR) is 83.0 cm³/mol. The SMILES string of the molecule is Cc1[nH]cnc1C[NH+]1CCN(c2ccc([N+](=O)[O-])cc2)CC1. The first-order valence-corrected chi connectivity index (χ1v) is 7.45. The molecule has 1 aromatic carbocycles. The highest BCUT2D eigenvalue weighted by molar-refractivity contribution is 5.51. The summed E-state index contributed by atoms with van der Waals surface area (Å²) in [5, 5.41) is 10.7. The molecular formula is C15H20N5O2+. The summed E-state index contributed by atoms with van der Waals surface area (Å²) in [5.74, 6) is 0. The van der Waals surface area contributed by atoms with E-state index in [1.165, 1.54) is 4.90 Å². The van der Waals surface area contributed by atoms with Gasteiger partial charge in [0, 0.05) is 23.5 Å². The molecule has 1 fully saturated rings. The van der Waals surface area contributed by atoms with Crippen LogP contribution in [-0.4, -0.2) is 41.1 Å². The number of aryl methyl sites for hydroxylation is 1. The number of aromatic nitrogens is 2. The lowest BCUT2D eigenvalue weighted by atomic mass is 10.2. The number of H-pyrrole nitrogens is 1. The molecule has 1 saturated heterocycles. The predicted octanol–water partition coefficient (Wildman–Crippen LogP) is 0.531. The van der Waals surface area contributed by atoms with Gasteiger partial charge in [0.25, 0.3) is 5.69 Å². The number of hydrogen-bond acceptors (Lipinski definition) is 4. The lowest BCUT2D eigenvalue weighted by Gasteiger charge is -2.33. The number of imidazole rings is 1. The number of nitrogens with one attached hydrogen (secondary N) is 2. The zero-order chi connectivity index (χ0) is 15.5. The summed E-state index contributed by atoms with van der Waals surface area (Å²) in [6.45, 7) is 7.00. The Morgan fingerprint density at radius 3 is 2.55 bits per heavy atom. The molecule has 3 rings (SSSR count). The number of nitro benzene ring substituents is 1. The Balaban J connectivity index is 1.57. The van der Waals surface area contributed by atoms with Crippen molar-refractivity contribution in [3.8, 4) is 0 Å². The fraction of sp³-hybridized carbons (Fsp3) is 0.400. The van der Waals surface area contributed by atoms with Crippen LogP contribution < -0.4 is 9.80 Å². The van der Waals surface area contributed by atoms with Crippen LogP contribution in [0.25, 0.3) is 0 Å². The molecule has 0 bridgehead atoms. The molecule has 0 saturated carbocycles. The number of hydrogen-bond donors (Lipinski definition) is 2. The topological polar surface area (TPSA) is 79.5 Å². The summed E-state index contributed by atoms with van der Waals surface area (Å²) in [5.41, 5.74) is 3.48. The van der Waals surface area contributed by atoms with Crippen LogP contribution in [0.2, 0.25) is 0 Å². The molecule has 0 amide bonds. The van der Waals surface area contributed by atoms with Crippen molar-refractivity contribution >= 4 is 11.4 Å². The van der Waals surface area contributed by atoms with Crippen molar-refractivity contribution in [2.75, 3.05) is 31.1 Å². The van der Waals surface area contributed by atoms with Crippen molar-refractivity contribution in [3.63, 3.8) is 0 Å². The number of anilines is 1. The number of aromatic amines is 1. The Bertz CT molecular complexity index is 644. The third-order valence-corrected chi connectivity index (χ3v) is 4.25. The number of nitrogens with zero attached hydrogens (tertiary/aromatic N) is 3. The number of piperazine rings is 1. The Morgan fingerprint density at radius 2 is 2.00 bits per heavy atom. The molecule has 1 aliphatic heterocycles. The quantitative estimate of drug-likeness (QED) is 0.638. The third kappa shape index (κ3) is 3.09. The summed E-state index contributed by atoms with van der Waals surface area (Å²) in [7, 11) is 0. The summed E-state index contributed by atoms with van der Waals surface area (Å²) in [6.07, 6.45) is 1.75. The standard InChI is InChI=1S/C15H19N5O2/c1-12-15(17-11-16-12)10-18-6-8-19(9-7-18)13-2-4-14(5-3-13)20(21)22/h2-5,11H,6-10H2,1H3,(H,16,17)/p+1. The largest absolute Gasteiger partial charge is 0.360 e. The molecule has 0 atom stereocenters. The summed E-state index contributed by atoms with van der Waals surface area (Å²) in [6, 6.07) is 6.81. The van der Waals surface area contributed by atoms with Gasteiger partial charge < -0.3 is 14.8 Å². The van der Waals surface area contributed by atoms with E-state index in [2.05, 4.69) is 21.8 Å². The average molecular weight is 302 g/mol. The van der Waals surface area contributed by atoms with Crippen LogP contribution >= 0.6 is 0 Å². The highest BCUT2D eigenvalue weighted by Crippen LogP contribution is 2.19. The summed E-state index contributed by atoms with van der Waals surface area (Å²) < 4.78 is 0. The maximum atomic E-state index is 10.7. The smallest absolute Gasteiger partial charge is 0.269 e. The molecular weight excluding hydrogens is 282 g/mol. The molecule has 7 heteroatoms. The normalized spacial score (nSPS) is 16.0. The van der Waals surface area contributed by atoms with Crippen LogP contribution in [0.3, 0.4) is 0 Å². The Kier molecular flexibility index (Phi) is 4.06. The van der Waals surface area contributed by atoms with E-state index in [4.69, 9.17) is 0 Å². The zero-order valence-electron chi connectivity index (χ0n) is 12.6. The second kappa shape index (κ2) is 6.15. The number of benzene rings is 1. The van der Waals surface area contributed by atoms with Gasteiger partial charge in [-0.05, 0) is 19.1 Å². The van der Waals surface area contributed by atoms with Gasteiger partial charge in [-0.2, -0.15) is 0 Å². The van der Waals surface area contributed by atoms with Crippen LogP contribution in [0.4, 0.5) is 11.4 Å². The molecule has 2 aromatic rings. The molecule has 2 N–H and O–H groups in total. The minimum atomic E-state index is -0.363. The van der Waals surface area contributed by atoms with Crippen LogP contribution in [0.5, 0.6) is 0 Å². The second-order valence-corrected chi connectivity index (χ2v) is 5.66. The van der Waals surface area contributed by atoms with E-state index in [0.29, 0.717) is 0 Å². The van der Waals surface area contributed by atoms with E-state index in [0.717, 1.165) is 49.8 Å². The molecule has 1 aromatic heterocycles. The first kappa shape index (κ1) is 14.5. The van der Waals surface area contributed by atoms with Gasteiger partial charge >= 0.3 is 0 Å². The van der Waals surface area contributed by atoms with Gasteiger partial charge in [0.1, 0.15) is 12.2 Å². The van der Waals surface area contributed by atoms with Crippen LogP contribution in [0.15, 0.2) is 30.6 Å². The summed E-state index contributed by atoms with van der Waals surface area (Å²) >= 11 is 0.